The summed E-state index contributed by atoms with van der Waals surface area (Å²) < 4.78 is 30.3. The molecule has 0 spiro atoms. The van der Waals surface area contributed by atoms with Gasteiger partial charge in [-0.2, -0.15) is 14.7 Å². The van der Waals surface area contributed by atoms with Crippen LogP contribution in [0.15, 0.2) is 31.0 Å². The number of carbonyl (C=O) groups is 1. The third kappa shape index (κ3) is 3.83. The molecular formula is C19H21N7O4S. The van der Waals surface area contributed by atoms with Crippen LogP contribution in [0.2, 0.25) is 0 Å². The molecule has 1 saturated heterocycles. The maximum Gasteiger partial charge on any atom is 0.420 e. The minimum absolute atomic E-state index is 0.149. The predicted octanol–water partition coefficient (Wildman–Crippen LogP) is 2.14. The molecule has 0 aromatic carbocycles. The molecule has 12 heteroatoms. The number of hydrogen-bond acceptors (Lipinski definition) is 7. The van der Waals surface area contributed by atoms with Crippen LogP contribution in [0, 0.1) is 11.3 Å². The van der Waals surface area contributed by atoms with Crippen LogP contribution >= 0.6 is 0 Å². The zero-order valence-corrected chi connectivity index (χ0v) is 18.0. The zero-order valence-electron chi connectivity index (χ0n) is 17.2. The van der Waals surface area contributed by atoms with Gasteiger partial charge in [0.2, 0.25) is 11.3 Å². The first-order chi connectivity index (χ1) is 14.6. The molecule has 1 atom stereocenters. The number of nitriles is 1. The van der Waals surface area contributed by atoms with E-state index in [-0.39, 0.29) is 19.5 Å². The second-order valence-electron chi connectivity index (χ2n) is 8.39. The average molecular weight is 443 g/mol. The second kappa shape index (κ2) is 7.52. The van der Waals surface area contributed by atoms with Gasteiger partial charge < -0.3 is 4.74 Å². The van der Waals surface area contributed by atoms with Gasteiger partial charge in [0, 0.05) is 36.4 Å². The lowest BCUT2D eigenvalue weighted by atomic mass is 9.89. The molecule has 3 aromatic heterocycles. The number of nitrogens with zero attached hydrogens (tertiary/aromatic N) is 7. The predicted molar refractivity (Wildman–Crippen MR) is 111 cm³/mol. The van der Waals surface area contributed by atoms with Crippen molar-refractivity contribution in [2.24, 2.45) is 0 Å². The molecule has 0 aliphatic carbocycles. The van der Waals surface area contributed by atoms with Crippen molar-refractivity contribution in [3.05, 3.63) is 31.0 Å². The number of carbonyl (C=O) groups excluding carboxylic acids is 1. The highest BCUT2D eigenvalue weighted by Crippen LogP contribution is 2.35. The van der Waals surface area contributed by atoms with Crippen LogP contribution in [0.1, 0.15) is 27.2 Å². The van der Waals surface area contributed by atoms with Crippen molar-refractivity contribution in [2.75, 3.05) is 13.1 Å². The van der Waals surface area contributed by atoms with Crippen LogP contribution in [0.25, 0.3) is 22.3 Å². The summed E-state index contributed by atoms with van der Waals surface area (Å²) in [5, 5.41) is 14.3. The van der Waals surface area contributed by atoms with Crippen molar-refractivity contribution >= 4 is 28.4 Å². The Hall–Kier alpha value is -3.14. The molecule has 0 bridgehead atoms. The van der Waals surface area contributed by atoms with E-state index in [0.29, 0.717) is 22.3 Å². The molecule has 1 unspecified atom stereocenters. The van der Waals surface area contributed by atoms with Gasteiger partial charge in [0.1, 0.15) is 17.5 Å². The van der Waals surface area contributed by atoms with Gasteiger partial charge in [0.25, 0.3) is 0 Å². The van der Waals surface area contributed by atoms with E-state index in [1.165, 1.54) is 15.2 Å². The van der Waals surface area contributed by atoms with Crippen molar-refractivity contribution in [2.45, 2.75) is 38.3 Å². The Morgan fingerprint density at radius 2 is 2.13 bits per heavy atom. The smallest absolute Gasteiger partial charge is 0.420 e. The van der Waals surface area contributed by atoms with Crippen LogP contribution in [0.5, 0.6) is 0 Å². The first-order valence-corrected chi connectivity index (χ1v) is 10.5. The molecule has 1 aliphatic heterocycles. The molecule has 162 valence electrons. The summed E-state index contributed by atoms with van der Waals surface area (Å²) in [7, 11) is 0. The summed E-state index contributed by atoms with van der Waals surface area (Å²) in [6.07, 6.45) is 5.92. The van der Waals surface area contributed by atoms with Crippen molar-refractivity contribution in [1.29, 1.82) is 5.26 Å². The number of fused-ring (bicyclic) bond motifs is 1. The number of aromatic nitrogens is 5. The van der Waals surface area contributed by atoms with Crippen LogP contribution in [0.3, 0.4) is 0 Å². The monoisotopic (exact) mass is 443 g/mol. The van der Waals surface area contributed by atoms with Crippen LogP contribution in [-0.4, -0.2) is 62.2 Å². The standard InChI is InChI=1S/C19H21N7O4S/c1-18(2,3)30-17(27)25-7-4-14-15(21-12-22-16(14)25)13-8-23-26(9-13)19(5-6-20)10-24(11-19)31(28)29/h4,7-9,12H,5,10-11H2,1-3H3,(H,28,29). The molecule has 4 rings (SSSR count). The van der Waals surface area contributed by atoms with E-state index in [1.54, 1.807) is 50.1 Å². The molecule has 31 heavy (non-hydrogen) atoms. The van der Waals surface area contributed by atoms with Crippen molar-refractivity contribution < 1.29 is 18.3 Å². The zero-order chi connectivity index (χ0) is 22.4. The van der Waals surface area contributed by atoms with Crippen LogP contribution in [0.4, 0.5) is 4.79 Å². The second-order valence-corrected chi connectivity index (χ2v) is 9.37. The largest absolute Gasteiger partial charge is 0.443 e. The minimum atomic E-state index is -2.09. The molecule has 11 nitrogen and oxygen atoms in total. The molecule has 1 N–H and O–H groups in total. The Balaban J connectivity index is 1.68. The number of rotatable bonds is 4. The maximum absolute atomic E-state index is 12.5. The summed E-state index contributed by atoms with van der Waals surface area (Å²) in [4.78, 5) is 21.1. The maximum atomic E-state index is 12.5. The first-order valence-electron chi connectivity index (χ1n) is 9.47. The quantitative estimate of drug-likeness (QED) is 0.605. The molecule has 0 saturated carbocycles. The fourth-order valence-electron chi connectivity index (χ4n) is 3.55. The molecule has 3 aromatic rings. The fourth-order valence-corrected chi connectivity index (χ4v) is 4.25. The van der Waals surface area contributed by atoms with Crippen LogP contribution in [-0.2, 0) is 21.5 Å². The van der Waals surface area contributed by atoms with Crippen molar-refractivity contribution in [3.63, 3.8) is 0 Å². The minimum Gasteiger partial charge on any atom is -0.443 e. The van der Waals surface area contributed by atoms with E-state index in [0.717, 1.165) is 0 Å². The molecular weight excluding hydrogens is 422 g/mol. The van der Waals surface area contributed by atoms with Crippen molar-refractivity contribution in [1.82, 2.24) is 28.6 Å². The van der Waals surface area contributed by atoms with Gasteiger partial charge in [-0.25, -0.2) is 23.5 Å². The third-order valence-electron chi connectivity index (χ3n) is 4.98. The Labute approximate surface area is 180 Å². The molecule has 1 aliphatic rings. The first kappa shape index (κ1) is 21.1. The van der Waals surface area contributed by atoms with Gasteiger partial charge in [0.05, 0.1) is 24.4 Å². The summed E-state index contributed by atoms with van der Waals surface area (Å²) in [6.45, 7) is 5.83. The Morgan fingerprint density at radius 3 is 2.77 bits per heavy atom. The lowest BCUT2D eigenvalue weighted by molar-refractivity contribution is 0.0543. The van der Waals surface area contributed by atoms with E-state index in [1.807, 2.05) is 0 Å². The van der Waals surface area contributed by atoms with E-state index in [2.05, 4.69) is 21.1 Å². The van der Waals surface area contributed by atoms with Crippen LogP contribution < -0.4 is 0 Å². The highest BCUT2D eigenvalue weighted by atomic mass is 32.2. The van der Waals surface area contributed by atoms with Gasteiger partial charge in [0.15, 0.2) is 5.65 Å². The molecule has 4 heterocycles. The van der Waals surface area contributed by atoms with Gasteiger partial charge in [-0.1, -0.05) is 0 Å². The summed E-state index contributed by atoms with van der Waals surface area (Å²) in [5.41, 5.74) is 0.335. The number of hydrogen-bond donors (Lipinski definition) is 1. The summed E-state index contributed by atoms with van der Waals surface area (Å²) in [6, 6.07) is 3.87. The fraction of sp³-hybridized carbons (Fsp3) is 0.421. The van der Waals surface area contributed by atoms with Gasteiger partial charge >= 0.3 is 6.09 Å². The molecule has 0 amide bonds. The highest BCUT2D eigenvalue weighted by molar-refractivity contribution is 7.76. The summed E-state index contributed by atoms with van der Waals surface area (Å²) in [5.74, 6) is 0. The van der Waals surface area contributed by atoms with E-state index < -0.39 is 28.5 Å². The Morgan fingerprint density at radius 1 is 1.39 bits per heavy atom. The normalized spacial score (nSPS) is 17.1. The van der Waals surface area contributed by atoms with E-state index >= 15 is 0 Å². The van der Waals surface area contributed by atoms with E-state index in [4.69, 9.17) is 4.74 Å². The van der Waals surface area contributed by atoms with Gasteiger partial charge in [-0.3, -0.25) is 9.23 Å². The molecule has 1 fully saturated rings. The SMILES string of the molecule is CC(C)(C)OC(=O)n1ccc2c(-c3cnn(C4(CC#N)CN(S(=O)O)C4)c3)ncnc21. The van der Waals surface area contributed by atoms with Gasteiger partial charge in [-0.05, 0) is 26.8 Å². The van der Waals surface area contributed by atoms with Crippen molar-refractivity contribution in [3.8, 4) is 17.3 Å². The topological polar surface area (TPSA) is 139 Å². The van der Waals surface area contributed by atoms with E-state index in [9.17, 15) is 18.8 Å². The lowest BCUT2D eigenvalue weighted by Gasteiger charge is -2.46. The number of ether oxygens (including phenoxy) is 1. The highest BCUT2D eigenvalue weighted by Gasteiger charge is 2.47. The Kier molecular flexibility index (Phi) is 5.12. The van der Waals surface area contributed by atoms with Gasteiger partial charge in [-0.15, -0.1) is 0 Å². The third-order valence-corrected chi connectivity index (χ3v) is 5.68. The summed E-state index contributed by atoms with van der Waals surface area (Å²) >= 11 is -2.09. The average Bonchev–Trinajstić information content (AvgIpc) is 3.29. The lowest BCUT2D eigenvalue weighted by Crippen LogP contribution is -2.62. The molecule has 0 radical (unpaired) electrons. The Bertz CT molecular complexity index is 1210.